The first kappa shape index (κ1) is 15.0. The number of benzene rings is 2. The molecule has 1 N–H and O–H groups in total. The van der Waals surface area contributed by atoms with E-state index in [4.69, 9.17) is 5.11 Å². The van der Waals surface area contributed by atoms with Gasteiger partial charge in [0.2, 0.25) is 0 Å². The van der Waals surface area contributed by atoms with E-state index in [1.807, 2.05) is 31.2 Å². The topological polar surface area (TPSA) is 40.5 Å². The van der Waals surface area contributed by atoms with Crippen LogP contribution in [-0.2, 0) is 6.54 Å². The van der Waals surface area contributed by atoms with Gasteiger partial charge in [-0.3, -0.25) is 0 Å². The smallest absolute Gasteiger partial charge is 0.338 e. The van der Waals surface area contributed by atoms with Crippen LogP contribution >= 0.6 is 0 Å². The molecule has 2 rings (SSSR count). The maximum Gasteiger partial charge on any atom is 0.338 e. The Balaban J connectivity index is 2.29. The molecule has 0 radical (unpaired) electrons. The number of hydrogen-bond donors (Lipinski definition) is 1. The van der Waals surface area contributed by atoms with Crippen molar-refractivity contribution in [1.29, 1.82) is 0 Å². The van der Waals surface area contributed by atoms with Gasteiger partial charge in [0.15, 0.2) is 11.6 Å². The second-order valence-corrected chi connectivity index (χ2v) is 4.91. The Hall–Kier alpha value is -2.43. The fourth-order valence-electron chi connectivity index (χ4n) is 2.17. The van der Waals surface area contributed by atoms with Gasteiger partial charge in [-0.2, -0.15) is 0 Å². The van der Waals surface area contributed by atoms with Crippen LogP contribution in [-0.4, -0.2) is 18.1 Å². The molecule has 0 heterocycles. The van der Waals surface area contributed by atoms with Gasteiger partial charge in [0.1, 0.15) is 0 Å². The molecule has 0 saturated carbocycles. The number of aryl methyl sites for hydroxylation is 1. The molecule has 0 aromatic heterocycles. The Bertz CT molecular complexity index is 686. The van der Waals surface area contributed by atoms with E-state index in [0.29, 0.717) is 6.54 Å². The number of anilines is 1. The van der Waals surface area contributed by atoms with E-state index in [1.54, 1.807) is 11.9 Å². The van der Waals surface area contributed by atoms with Gasteiger partial charge in [0.05, 0.1) is 11.3 Å². The summed E-state index contributed by atoms with van der Waals surface area (Å²) < 4.78 is 27.7. The minimum atomic E-state index is -1.49. The molecule has 0 amide bonds. The lowest BCUT2D eigenvalue weighted by molar-refractivity contribution is 0.0690. The van der Waals surface area contributed by atoms with Crippen LogP contribution < -0.4 is 4.90 Å². The van der Waals surface area contributed by atoms with E-state index in [9.17, 15) is 13.6 Å². The third kappa shape index (κ3) is 3.18. The maximum atomic E-state index is 14.0. The van der Waals surface area contributed by atoms with Gasteiger partial charge in [-0.15, -0.1) is 0 Å². The summed E-state index contributed by atoms with van der Waals surface area (Å²) >= 11 is 0. The fourth-order valence-corrected chi connectivity index (χ4v) is 2.17. The molecule has 0 spiro atoms. The Morgan fingerprint density at radius 2 is 1.90 bits per heavy atom. The zero-order valence-electron chi connectivity index (χ0n) is 11.7. The number of carboxylic acid groups (broad SMARTS) is 1. The SMILES string of the molecule is Cc1cccc(CN(C)c2ccc(C(=O)O)c(F)c2F)c1. The number of carbonyl (C=O) groups is 1. The summed E-state index contributed by atoms with van der Waals surface area (Å²) in [6, 6.07) is 10.0. The van der Waals surface area contributed by atoms with Crippen molar-refractivity contribution in [2.45, 2.75) is 13.5 Å². The highest BCUT2D eigenvalue weighted by Gasteiger charge is 2.19. The molecule has 5 heteroatoms. The molecule has 0 atom stereocenters. The minimum absolute atomic E-state index is 0.0269. The number of halogens is 2. The lowest BCUT2D eigenvalue weighted by Crippen LogP contribution is -2.19. The highest BCUT2D eigenvalue weighted by Crippen LogP contribution is 2.24. The summed E-state index contributed by atoms with van der Waals surface area (Å²) in [5.74, 6) is -3.97. The predicted molar refractivity (Wildman–Crippen MR) is 76.6 cm³/mol. The van der Waals surface area contributed by atoms with Gasteiger partial charge >= 0.3 is 5.97 Å². The molecule has 0 saturated heterocycles. The van der Waals surface area contributed by atoms with Gasteiger partial charge in [-0.1, -0.05) is 29.8 Å². The van der Waals surface area contributed by atoms with Crippen molar-refractivity contribution in [3.8, 4) is 0 Å². The highest BCUT2D eigenvalue weighted by molar-refractivity contribution is 5.88. The van der Waals surface area contributed by atoms with E-state index in [2.05, 4.69) is 0 Å². The standard InChI is InChI=1S/C16H15F2NO2/c1-10-4-3-5-11(8-10)9-19(2)13-7-6-12(16(20)21)14(17)15(13)18/h3-8H,9H2,1-2H3,(H,20,21). The van der Waals surface area contributed by atoms with Crippen LogP contribution in [0.4, 0.5) is 14.5 Å². The molecule has 0 aliphatic rings. The van der Waals surface area contributed by atoms with Gasteiger partial charge in [-0.25, -0.2) is 13.6 Å². The zero-order valence-corrected chi connectivity index (χ0v) is 11.7. The molecule has 0 aliphatic carbocycles. The van der Waals surface area contributed by atoms with Crippen molar-refractivity contribution < 1.29 is 18.7 Å². The van der Waals surface area contributed by atoms with Crippen LogP contribution in [0.1, 0.15) is 21.5 Å². The summed E-state index contributed by atoms with van der Waals surface area (Å²) in [5.41, 5.74) is 1.40. The molecule has 110 valence electrons. The fraction of sp³-hybridized carbons (Fsp3) is 0.188. The van der Waals surface area contributed by atoms with E-state index in [-0.39, 0.29) is 5.69 Å². The normalized spacial score (nSPS) is 10.5. The largest absolute Gasteiger partial charge is 0.478 e. The van der Waals surface area contributed by atoms with Gasteiger partial charge in [0, 0.05) is 13.6 Å². The highest BCUT2D eigenvalue weighted by atomic mass is 19.2. The van der Waals surface area contributed by atoms with Crippen molar-refractivity contribution in [3.63, 3.8) is 0 Å². The first-order valence-corrected chi connectivity index (χ1v) is 6.38. The van der Waals surface area contributed by atoms with Crippen LogP contribution in [0.15, 0.2) is 36.4 Å². The second kappa shape index (κ2) is 5.91. The van der Waals surface area contributed by atoms with E-state index >= 15 is 0 Å². The summed E-state index contributed by atoms with van der Waals surface area (Å²) in [7, 11) is 1.63. The summed E-state index contributed by atoms with van der Waals surface area (Å²) in [6.45, 7) is 2.34. The van der Waals surface area contributed by atoms with E-state index < -0.39 is 23.2 Å². The number of rotatable bonds is 4. The van der Waals surface area contributed by atoms with Crippen molar-refractivity contribution in [3.05, 3.63) is 64.7 Å². The number of carboxylic acids is 1. The average Bonchev–Trinajstić information content (AvgIpc) is 2.41. The lowest BCUT2D eigenvalue weighted by Gasteiger charge is -2.21. The Kier molecular flexibility index (Phi) is 4.21. The van der Waals surface area contributed by atoms with Crippen molar-refractivity contribution in [2.75, 3.05) is 11.9 Å². The van der Waals surface area contributed by atoms with Crippen LogP contribution in [0.25, 0.3) is 0 Å². The summed E-state index contributed by atoms with van der Waals surface area (Å²) in [4.78, 5) is 12.3. The van der Waals surface area contributed by atoms with Crippen molar-refractivity contribution >= 4 is 11.7 Å². The first-order valence-electron chi connectivity index (χ1n) is 6.38. The molecule has 0 bridgehead atoms. The lowest BCUT2D eigenvalue weighted by atomic mass is 10.1. The molecule has 2 aromatic rings. The molecule has 2 aromatic carbocycles. The van der Waals surface area contributed by atoms with Gasteiger partial charge in [0.25, 0.3) is 0 Å². The van der Waals surface area contributed by atoms with E-state index in [1.165, 1.54) is 6.07 Å². The molecule has 3 nitrogen and oxygen atoms in total. The predicted octanol–water partition coefficient (Wildman–Crippen LogP) is 3.61. The number of aromatic carboxylic acids is 1. The average molecular weight is 291 g/mol. The van der Waals surface area contributed by atoms with Gasteiger partial charge in [-0.05, 0) is 24.6 Å². The van der Waals surface area contributed by atoms with Crippen LogP contribution in [0.2, 0.25) is 0 Å². The number of hydrogen-bond acceptors (Lipinski definition) is 2. The Labute approximate surface area is 121 Å². The Morgan fingerprint density at radius 3 is 2.52 bits per heavy atom. The van der Waals surface area contributed by atoms with Gasteiger partial charge < -0.3 is 10.0 Å². The minimum Gasteiger partial charge on any atom is -0.478 e. The Morgan fingerprint density at radius 1 is 1.19 bits per heavy atom. The third-order valence-electron chi connectivity index (χ3n) is 3.21. The quantitative estimate of drug-likeness (QED) is 0.935. The molecule has 0 fully saturated rings. The van der Waals surface area contributed by atoms with Crippen LogP contribution in [0, 0.1) is 18.6 Å². The molecular weight excluding hydrogens is 276 g/mol. The van der Waals surface area contributed by atoms with Crippen molar-refractivity contribution in [1.82, 2.24) is 0 Å². The second-order valence-electron chi connectivity index (χ2n) is 4.91. The third-order valence-corrected chi connectivity index (χ3v) is 3.21. The number of nitrogens with zero attached hydrogens (tertiary/aromatic N) is 1. The molecule has 0 unspecified atom stereocenters. The molecule has 21 heavy (non-hydrogen) atoms. The summed E-state index contributed by atoms with van der Waals surface area (Å²) in [5, 5.41) is 8.77. The molecular formula is C16H15F2NO2. The van der Waals surface area contributed by atoms with E-state index in [0.717, 1.165) is 17.2 Å². The maximum absolute atomic E-state index is 14.0. The summed E-state index contributed by atoms with van der Waals surface area (Å²) in [6.07, 6.45) is 0. The van der Waals surface area contributed by atoms with Crippen LogP contribution in [0.3, 0.4) is 0 Å². The van der Waals surface area contributed by atoms with Crippen molar-refractivity contribution in [2.24, 2.45) is 0 Å². The monoisotopic (exact) mass is 291 g/mol. The molecule has 0 aliphatic heterocycles. The first-order chi connectivity index (χ1) is 9.90. The van der Waals surface area contributed by atoms with Crippen LogP contribution in [0.5, 0.6) is 0 Å². The zero-order chi connectivity index (χ0) is 15.6.